The largest absolute Gasteiger partial charge is 0.416 e. The van der Waals surface area contributed by atoms with E-state index >= 15 is 0 Å². The van der Waals surface area contributed by atoms with Crippen LogP contribution in [0.5, 0.6) is 0 Å². The van der Waals surface area contributed by atoms with Crippen LogP contribution in [0.2, 0.25) is 0 Å². The van der Waals surface area contributed by atoms with Gasteiger partial charge in [-0.15, -0.1) is 0 Å². The Labute approximate surface area is 714 Å². The molecule has 4 aliphatic heterocycles. The molecular formula is C97H123F10N11O4. The number of hydrogen-bond acceptors (Lipinski definition) is 8. The second-order valence-corrected chi connectivity index (χ2v) is 33.1. The number of carbonyl (C=O) groups is 4. The van der Waals surface area contributed by atoms with Gasteiger partial charge in [0.1, 0.15) is 11.6 Å². The van der Waals surface area contributed by atoms with Crippen molar-refractivity contribution in [1.82, 2.24) is 34.7 Å². The number of rotatable bonds is 27. The number of nitrogens with zero attached hydrogens (tertiary/aromatic N) is 6. The summed E-state index contributed by atoms with van der Waals surface area (Å²) in [7, 11) is 0. The zero-order valence-electron chi connectivity index (χ0n) is 71.8. The van der Waals surface area contributed by atoms with E-state index < -0.39 is 52.8 Å². The average molecular weight is 1700 g/mol. The lowest BCUT2D eigenvalue weighted by atomic mass is 9.80. The van der Waals surface area contributed by atoms with E-state index in [0.717, 1.165) is 183 Å². The zero-order valence-corrected chi connectivity index (χ0v) is 71.8. The van der Waals surface area contributed by atoms with Gasteiger partial charge < -0.3 is 51.1 Å². The molecule has 5 N–H and O–H groups in total. The third-order valence-electron chi connectivity index (χ3n) is 23.5. The summed E-state index contributed by atoms with van der Waals surface area (Å²) < 4.78 is 134. The van der Waals surface area contributed by atoms with Gasteiger partial charge >= 0.3 is 30.4 Å². The molecule has 4 heterocycles. The Kier molecular flexibility index (Phi) is 37.1. The summed E-state index contributed by atoms with van der Waals surface area (Å²) in [6.45, 7) is 26.1. The minimum atomic E-state index is -4.63. The second kappa shape index (κ2) is 47.2. The SMILES string of the molecule is CCCC(C)N1CCC(N(Cc2ccccc2)C(=O)Nc2cc(C(F)(F)F)ccc2F)CC1.CCCC(C)N1CCC(N(Cc2ccccc2)C(=O)Nc2ccc(C)cc2F)CC1.CCCCN1CCC(C(Cc2ccccc2)C(=O)Nc2cccc(C(F)(F)F)c2)CC1.Cc1cccc(CN2CCC(NC(=O)Nc3cccc(C(C)(F)F)c3)CC2)c1. The van der Waals surface area contributed by atoms with E-state index in [1.54, 1.807) is 17.0 Å². The zero-order chi connectivity index (χ0) is 87.9. The number of amides is 7. The van der Waals surface area contributed by atoms with Crippen LogP contribution in [-0.4, -0.2) is 143 Å². The highest BCUT2D eigenvalue weighted by Crippen LogP contribution is 2.36. The summed E-state index contributed by atoms with van der Waals surface area (Å²) in [5.41, 5.74) is 4.90. The fourth-order valence-electron chi connectivity index (χ4n) is 16.5. The van der Waals surface area contributed by atoms with E-state index in [2.05, 4.69) is 112 Å². The predicted octanol–water partition coefficient (Wildman–Crippen LogP) is 23.3. The number of carbonyl (C=O) groups excluding carboxylic acids is 4. The van der Waals surface area contributed by atoms with Gasteiger partial charge in [0.2, 0.25) is 5.91 Å². The molecular weight excluding hydrogens is 1570 g/mol. The molecule has 12 rings (SSSR count). The number of halogens is 10. The minimum absolute atomic E-state index is 0.0876. The van der Waals surface area contributed by atoms with E-state index in [4.69, 9.17) is 0 Å². The van der Waals surface area contributed by atoms with E-state index in [-0.39, 0.29) is 64.9 Å². The van der Waals surface area contributed by atoms with Gasteiger partial charge in [-0.1, -0.05) is 185 Å². The number of aryl methyl sites for hydroxylation is 2. The van der Waals surface area contributed by atoms with Gasteiger partial charge in [-0.05, 0) is 219 Å². The summed E-state index contributed by atoms with van der Waals surface area (Å²) in [6.07, 6.45) is 5.42. The fraction of sp³-hybridized carbons (Fsp3) is 0.464. The van der Waals surface area contributed by atoms with Crippen molar-refractivity contribution in [3.8, 4) is 0 Å². The lowest BCUT2D eigenvalue weighted by molar-refractivity contribution is -0.138. The van der Waals surface area contributed by atoms with Crippen molar-refractivity contribution < 1.29 is 63.1 Å². The van der Waals surface area contributed by atoms with Crippen molar-refractivity contribution in [2.45, 2.75) is 220 Å². The molecule has 4 saturated heterocycles. The highest BCUT2D eigenvalue weighted by molar-refractivity contribution is 5.93. The lowest BCUT2D eigenvalue weighted by Gasteiger charge is -2.40. The van der Waals surface area contributed by atoms with Crippen LogP contribution in [0.4, 0.5) is 81.0 Å². The topological polar surface area (TPSA) is 148 Å². The van der Waals surface area contributed by atoms with Crippen molar-refractivity contribution >= 4 is 46.8 Å². The number of piperidine rings is 4. The van der Waals surface area contributed by atoms with Gasteiger partial charge in [-0.25, -0.2) is 31.9 Å². The number of alkyl halides is 8. The van der Waals surface area contributed by atoms with Gasteiger partial charge in [0.15, 0.2) is 0 Å². The van der Waals surface area contributed by atoms with Crippen LogP contribution in [0.3, 0.4) is 0 Å². The molecule has 8 aromatic carbocycles. The summed E-state index contributed by atoms with van der Waals surface area (Å²) in [5, 5.41) is 13.6. The Morgan fingerprint density at radius 3 is 1.41 bits per heavy atom. The molecule has 3 unspecified atom stereocenters. The number of benzene rings is 8. The number of unbranched alkanes of at least 4 members (excludes halogenated alkanes) is 1. The summed E-state index contributed by atoms with van der Waals surface area (Å²) >= 11 is 0. The van der Waals surface area contributed by atoms with Gasteiger partial charge in [-0.3, -0.25) is 9.69 Å². The molecule has 122 heavy (non-hydrogen) atoms. The Hall–Kier alpha value is -9.82. The first-order valence-electron chi connectivity index (χ1n) is 43.2. The third-order valence-corrected chi connectivity index (χ3v) is 23.5. The van der Waals surface area contributed by atoms with E-state index in [1.165, 1.54) is 66.8 Å². The van der Waals surface area contributed by atoms with Gasteiger partial charge in [0, 0.05) is 119 Å². The molecule has 660 valence electrons. The van der Waals surface area contributed by atoms with Crippen molar-refractivity contribution in [2.75, 3.05) is 80.2 Å². The van der Waals surface area contributed by atoms with Gasteiger partial charge in [0.25, 0.3) is 5.92 Å². The minimum Gasteiger partial charge on any atom is -0.335 e. The van der Waals surface area contributed by atoms with Crippen LogP contribution in [0.25, 0.3) is 0 Å². The van der Waals surface area contributed by atoms with Crippen LogP contribution in [-0.2, 0) is 49.1 Å². The molecule has 0 aromatic heterocycles. The highest BCUT2D eigenvalue weighted by Gasteiger charge is 2.37. The third kappa shape index (κ3) is 30.9. The molecule has 4 fully saturated rings. The van der Waals surface area contributed by atoms with Crippen molar-refractivity contribution in [3.63, 3.8) is 0 Å². The summed E-state index contributed by atoms with van der Waals surface area (Å²) in [4.78, 5) is 65.1. The number of urea groups is 3. The van der Waals surface area contributed by atoms with Crippen molar-refractivity contribution in [3.05, 3.63) is 262 Å². The summed E-state index contributed by atoms with van der Waals surface area (Å²) in [6, 6.07) is 55.3. The monoisotopic (exact) mass is 1700 g/mol. The maximum absolute atomic E-state index is 14.3. The maximum Gasteiger partial charge on any atom is 0.416 e. The molecule has 7 amide bonds. The number of hydrogen-bond donors (Lipinski definition) is 5. The second-order valence-electron chi connectivity index (χ2n) is 33.1. The first-order valence-corrected chi connectivity index (χ1v) is 43.2. The molecule has 4 aliphatic rings. The van der Waals surface area contributed by atoms with Crippen LogP contribution in [0.1, 0.15) is 182 Å². The Morgan fingerprint density at radius 1 is 0.443 bits per heavy atom. The van der Waals surface area contributed by atoms with Crippen LogP contribution in [0.15, 0.2) is 200 Å². The van der Waals surface area contributed by atoms with Gasteiger partial charge in [0.05, 0.1) is 22.5 Å². The van der Waals surface area contributed by atoms with E-state index in [9.17, 15) is 63.1 Å². The molecule has 25 heteroatoms. The average Bonchev–Trinajstić information content (AvgIpc) is 0.850. The Morgan fingerprint density at radius 2 is 0.910 bits per heavy atom. The standard InChI is InChI=1S/C25H31F4N3O.C25H31F3N2O.C25H34FN3O.C22H27F2N3O/c1-3-7-18(2)31-14-12-21(13-15-31)32(17-19-8-5-4-6-9-19)24(33)30-23-16-20(25(27,28)29)10-11-22(23)26;1-2-3-14-30-15-12-20(13-16-30)23(17-19-8-5-4-6-9-19)24(31)29-22-11-7-10-21(18-22)25(26,27)28;1-4-8-20(3)28-15-13-22(14-16-28)29(18-21-9-6-5-7-10-21)25(30)27-24-12-11-19(2)17-23(24)26;1-16-5-3-6-17(13-16)15-27-11-9-19(10-12-27)25-21(28)26-20-8-4-7-18(14-20)22(2,23)24/h4-6,8-11,16,18,21H,3,7,12-15,17H2,1-2H3,(H,30,33);4-11,18,20,23H,2-3,12-17H2,1H3,(H,29,31);5-7,9-12,17,20,22H,4,8,13-16,18H2,1-3H3,(H,27,30);3-8,13-14,19H,9-12,15H2,1-2H3,(H2,25,26,28). The maximum atomic E-state index is 14.3. The molecule has 15 nitrogen and oxygen atoms in total. The Balaban J connectivity index is 0.000000185. The first kappa shape index (κ1) is 96.0. The smallest absolute Gasteiger partial charge is 0.335 e. The molecule has 8 aromatic rings. The molecule has 0 aliphatic carbocycles. The van der Waals surface area contributed by atoms with Crippen LogP contribution in [0, 0.1) is 37.3 Å². The number of anilines is 4. The molecule has 0 bridgehead atoms. The van der Waals surface area contributed by atoms with Crippen molar-refractivity contribution in [1.29, 1.82) is 0 Å². The normalized spacial score (nSPS) is 16.4. The van der Waals surface area contributed by atoms with Crippen LogP contribution >= 0.6 is 0 Å². The van der Waals surface area contributed by atoms with E-state index in [1.807, 2.05) is 109 Å². The van der Waals surface area contributed by atoms with Gasteiger partial charge in [-0.2, -0.15) is 26.3 Å². The van der Waals surface area contributed by atoms with E-state index in [0.29, 0.717) is 49.4 Å². The quantitative estimate of drug-likeness (QED) is 0.0320. The predicted molar refractivity (Wildman–Crippen MR) is 468 cm³/mol. The summed E-state index contributed by atoms with van der Waals surface area (Å²) in [5.74, 6) is -4.49. The van der Waals surface area contributed by atoms with Crippen molar-refractivity contribution in [2.24, 2.45) is 11.8 Å². The molecule has 0 radical (unpaired) electrons. The number of nitrogens with one attached hydrogen (secondary N) is 5. The molecule has 0 spiro atoms. The number of likely N-dealkylation sites (tertiary alicyclic amines) is 4. The lowest BCUT2D eigenvalue weighted by Crippen LogP contribution is -2.50. The first-order chi connectivity index (χ1) is 58.3. The van der Waals surface area contributed by atoms with Crippen LogP contribution < -0.4 is 26.6 Å². The Bertz CT molecular complexity index is 4510. The fourth-order valence-corrected chi connectivity index (χ4v) is 16.5. The highest BCUT2D eigenvalue weighted by atomic mass is 19.4. The molecule has 3 atom stereocenters. The molecule has 0 saturated carbocycles.